The molecule has 0 aliphatic heterocycles. The van der Waals surface area contributed by atoms with Gasteiger partial charge in [0.15, 0.2) is 0 Å². The zero-order valence-electron chi connectivity index (χ0n) is 10.3. The van der Waals surface area contributed by atoms with Crippen molar-refractivity contribution in [2.75, 3.05) is 13.4 Å². The zero-order valence-corrected chi connectivity index (χ0v) is 13.1. The number of ether oxygens (including phenoxy) is 1. The van der Waals surface area contributed by atoms with Crippen molar-refractivity contribution < 1.29 is 7.81 Å². The molecule has 0 atom stereocenters. The van der Waals surface area contributed by atoms with Crippen LogP contribution in [0.5, 0.6) is 0 Å². The van der Waals surface area contributed by atoms with Gasteiger partial charge in [-0.15, -0.1) is 0 Å². The van der Waals surface area contributed by atoms with E-state index in [1.54, 1.807) is 0 Å². The van der Waals surface area contributed by atoms with Gasteiger partial charge in [0.1, 0.15) is 0 Å². The molecule has 0 aliphatic carbocycles. The fraction of sp³-hybridized carbons (Fsp3) is 1.00. The van der Waals surface area contributed by atoms with Gasteiger partial charge >= 0.3 is 93.8 Å². The van der Waals surface area contributed by atoms with Crippen molar-refractivity contribution in [3.05, 3.63) is 0 Å². The van der Waals surface area contributed by atoms with Crippen LogP contribution in [0.2, 0.25) is 14.3 Å². The van der Waals surface area contributed by atoms with Crippen LogP contribution in [0.4, 0.5) is 0 Å². The van der Waals surface area contributed by atoms with E-state index < -0.39 is 18.8 Å². The van der Waals surface area contributed by atoms with Gasteiger partial charge in [0.05, 0.1) is 0 Å². The van der Waals surface area contributed by atoms with Crippen LogP contribution in [-0.4, -0.2) is 32.2 Å². The molecule has 0 rings (SSSR count). The minimum atomic E-state index is -2.06. The van der Waals surface area contributed by atoms with Crippen molar-refractivity contribution in [2.24, 2.45) is 0 Å². The molecule has 0 amide bonds. The summed E-state index contributed by atoms with van der Waals surface area (Å²) in [6, 6.07) is 0. The third-order valence-electron chi connectivity index (χ3n) is 2.53. The Morgan fingerprint density at radius 3 is 2.29 bits per heavy atom. The first-order valence-electron chi connectivity index (χ1n) is 5.84. The van der Waals surface area contributed by atoms with Crippen LogP contribution in [0.15, 0.2) is 0 Å². The molecular formula is C11H26O2Sn. The van der Waals surface area contributed by atoms with Crippen LogP contribution >= 0.6 is 0 Å². The molecule has 14 heavy (non-hydrogen) atoms. The Morgan fingerprint density at radius 2 is 1.71 bits per heavy atom. The Balaban J connectivity index is 3.13. The molecule has 0 radical (unpaired) electrons. The minimum absolute atomic E-state index is 0.531. The van der Waals surface area contributed by atoms with Crippen molar-refractivity contribution in [1.82, 2.24) is 0 Å². The van der Waals surface area contributed by atoms with Gasteiger partial charge in [-0.25, -0.2) is 0 Å². The first-order valence-corrected chi connectivity index (χ1v) is 14.7. The molecule has 0 saturated carbocycles. The quantitative estimate of drug-likeness (QED) is 0.366. The van der Waals surface area contributed by atoms with E-state index in [-0.39, 0.29) is 0 Å². The summed E-state index contributed by atoms with van der Waals surface area (Å²) in [6.07, 6.45) is 5.08. The van der Waals surface area contributed by atoms with Crippen LogP contribution in [0.25, 0.3) is 0 Å². The van der Waals surface area contributed by atoms with Gasteiger partial charge in [0.2, 0.25) is 0 Å². The van der Waals surface area contributed by atoms with E-state index in [0.717, 1.165) is 6.61 Å². The Morgan fingerprint density at radius 1 is 1.00 bits per heavy atom. The van der Waals surface area contributed by atoms with Crippen molar-refractivity contribution in [3.63, 3.8) is 0 Å². The van der Waals surface area contributed by atoms with E-state index in [1.807, 2.05) is 0 Å². The summed E-state index contributed by atoms with van der Waals surface area (Å²) < 4.78 is 12.5. The second kappa shape index (κ2) is 8.98. The molecule has 0 aliphatic rings. The third-order valence-corrected chi connectivity index (χ3v) is 9.95. The molecule has 0 aromatic rings. The Hall–Kier alpha value is 0.719. The first kappa shape index (κ1) is 14.7. The van der Waals surface area contributed by atoms with Crippen LogP contribution in [0, 0.1) is 0 Å². The van der Waals surface area contributed by atoms with Gasteiger partial charge < -0.3 is 0 Å². The van der Waals surface area contributed by atoms with Crippen LogP contribution < -0.4 is 0 Å². The van der Waals surface area contributed by atoms with E-state index in [4.69, 9.17) is 7.81 Å². The predicted molar refractivity (Wildman–Crippen MR) is 64.0 cm³/mol. The van der Waals surface area contributed by atoms with Gasteiger partial charge in [-0.1, -0.05) is 0 Å². The molecule has 0 saturated heterocycles. The molecule has 86 valence electrons. The van der Waals surface area contributed by atoms with Gasteiger partial charge in [0, 0.05) is 0 Å². The van der Waals surface area contributed by atoms with E-state index in [9.17, 15) is 0 Å². The molecule has 0 unspecified atom stereocenters. The second-order valence-corrected chi connectivity index (χ2v) is 17.2. The molecule has 0 fully saturated rings. The number of unbranched alkanes of at least 4 members (excludes halogenated alkanes) is 3. The van der Waals surface area contributed by atoms with Gasteiger partial charge in [0.25, 0.3) is 0 Å². The molecule has 0 bridgehead atoms. The fourth-order valence-corrected chi connectivity index (χ4v) is 2.72. The fourth-order valence-electron chi connectivity index (χ4n) is 0.993. The summed E-state index contributed by atoms with van der Waals surface area (Å²) >= 11 is -2.06. The summed E-state index contributed by atoms with van der Waals surface area (Å²) in [6.45, 7) is 5.84. The average Bonchev–Trinajstić information content (AvgIpc) is 2.16. The molecule has 3 heteroatoms. The van der Waals surface area contributed by atoms with E-state index in [2.05, 4.69) is 23.7 Å². The summed E-state index contributed by atoms with van der Waals surface area (Å²) in [5, 5.41) is 0. The maximum atomic E-state index is 5.77. The monoisotopic (exact) mass is 310 g/mol. The maximum absolute atomic E-state index is 5.77. The van der Waals surface area contributed by atoms with Gasteiger partial charge in [-0.05, 0) is 0 Å². The SMILES string of the molecule is CCCCCCOC[O][Sn]([CH3])([CH3])[CH2]C. The Kier molecular flexibility index (Phi) is 9.44. The van der Waals surface area contributed by atoms with Crippen LogP contribution in [0.3, 0.4) is 0 Å². The van der Waals surface area contributed by atoms with Gasteiger partial charge in [-0.2, -0.15) is 0 Å². The van der Waals surface area contributed by atoms with Crippen molar-refractivity contribution >= 4 is 18.8 Å². The predicted octanol–water partition coefficient (Wildman–Crippen LogP) is 3.78. The summed E-state index contributed by atoms with van der Waals surface area (Å²) in [4.78, 5) is 4.60. The molecule has 0 N–H and O–H groups in total. The summed E-state index contributed by atoms with van der Waals surface area (Å²) in [5.41, 5.74) is 0. The van der Waals surface area contributed by atoms with E-state index in [0.29, 0.717) is 6.79 Å². The third kappa shape index (κ3) is 9.28. The summed E-state index contributed by atoms with van der Waals surface area (Å²) in [5.74, 6) is 0. The van der Waals surface area contributed by atoms with Crippen LogP contribution in [0.1, 0.15) is 39.5 Å². The molecule has 0 aromatic heterocycles. The van der Waals surface area contributed by atoms with Crippen molar-refractivity contribution in [3.8, 4) is 0 Å². The van der Waals surface area contributed by atoms with E-state index >= 15 is 0 Å². The second-order valence-electron chi connectivity index (χ2n) is 4.34. The number of rotatable bonds is 9. The van der Waals surface area contributed by atoms with Crippen molar-refractivity contribution in [1.29, 1.82) is 0 Å². The average molecular weight is 309 g/mol. The van der Waals surface area contributed by atoms with Crippen molar-refractivity contribution in [2.45, 2.75) is 53.8 Å². The molecular weight excluding hydrogens is 283 g/mol. The summed E-state index contributed by atoms with van der Waals surface area (Å²) in [7, 11) is 0. The zero-order chi connectivity index (χ0) is 10.9. The standard InChI is InChI=1S/C7H15O2.C2H5.2CH3.Sn/c1-2-3-4-5-6-9-7-8;1-2;;;/h2-7H2,1H3;1H2,2H3;2*1H3;/q-1;;;;+1. The molecule has 0 heterocycles. The topological polar surface area (TPSA) is 18.5 Å². The Bertz CT molecular complexity index is 126. The molecule has 0 aromatic carbocycles. The Labute approximate surface area is 93.8 Å². The number of hydrogen-bond acceptors (Lipinski definition) is 2. The molecule has 2 nitrogen and oxygen atoms in total. The number of hydrogen-bond donors (Lipinski definition) is 0. The van der Waals surface area contributed by atoms with E-state index in [1.165, 1.54) is 30.1 Å². The van der Waals surface area contributed by atoms with Crippen LogP contribution in [-0.2, 0) is 7.81 Å². The molecule has 0 spiro atoms. The first-order chi connectivity index (χ1) is 6.62. The normalized spacial score (nSPS) is 12.0. The van der Waals surface area contributed by atoms with Gasteiger partial charge in [-0.3, -0.25) is 0 Å².